The van der Waals surface area contributed by atoms with E-state index in [1.54, 1.807) is 4.90 Å². The third kappa shape index (κ3) is 3.54. The molecule has 2 aromatic rings. The van der Waals surface area contributed by atoms with E-state index in [4.69, 9.17) is 5.11 Å². The smallest absolute Gasteiger partial charge is 0.230 e. The van der Waals surface area contributed by atoms with E-state index in [2.05, 4.69) is 17.4 Å². The standard InChI is InChI=1S/C23H26N2O3/c26-13-12-21(27)25-15-23(16-25,14-17-6-2-1-3-7-17)22(28)24-20-11-10-18-8-4-5-9-19(18)20/h1-9,20,26H,10-16H2,(H,24,28). The highest BCUT2D eigenvalue weighted by atomic mass is 16.3. The van der Waals surface area contributed by atoms with Crippen LogP contribution in [0.15, 0.2) is 54.6 Å². The molecule has 1 fully saturated rings. The quantitative estimate of drug-likeness (QED) is 0.810. The molecule has 5 nitrogen and oxygen atoms in total. The Morgan fingerprint density at radius 3 is 2.54 bits per heavy atom. The Morgan fingerprint density at radius 2 is 1.79 bits per heavy atom. The van der Waals surface area contributed by atoms with E-state index in [-0.39, 0.29) is 30.9 Å². The van der Waals surface area contributed by atoms with Crippen LogP contribution in [0.4, 0.5) is 0 Å². The van der Waals surface area contributed by atoms with Gasteiger partial charge in [-0.05, 0) is 36.0 Å². The van der Waals surface area contributed by atoms with Crippen molar-refractivity contribution in [1.82, 2.24) is 10.2 Å². The Labute approximate surface area is 165 Å². The summed E-state index contributed by atoms with van der Waals surface area (Å²) >= 11 is 0. The molecule has 2 N–H and O–H groups in total. The lowest BCUT2D eigenvalue weighted by molar-refractivity contribution is -0.154. The number of carbonyl (C=O) groups excluding carboxylic acids is 2. The number of likely N-dealkylation sites (tertiary alicyclic amines) is 1. The number of hydrogen-bond acceptors (Lipinski definition) is 3. The number of nitrogens with zero attached hydrogens (tertiary/aromatic N) is 1. The highest BCUT2D eigenvalue weighted by Gasteiger charge is 2.51. The molecule has 1 aliphatic carbocycles. The number of fused-ring (bicyclic) bond motifs is 1. The van der Waals surface area contributed by atoms with Gasteiger partial charge < -0.3 is 15.3 Å². The van der Waals surface area contributed by atoms with Crippen molar-refractivity contribution in [2.75, 3.05) is 19.7 Å². The minimum Gasteiger partial charge on any atom is -0.396 e. The van der Waals surface area contributed by atoms with Gasteiger partial charge in [0, 0.05) is 19.5 Å². The van der Waals surface area contributed by atoms with Crippen molar-refractivity contribution in [3.63, 3.8) is 0 Å². The lowest BCUT2D eigenvalue weighted by Crippen LogP contribution is -2.65. The zero-order chi connectivity index (χ0) is 19.6. The van der Waals surface area contributed by atoms with Crippen LogP contribution in [0.25, 0.3) is 0 Å². The molecule has 1 heterocycles. The minimum atomic E-state index is -0.607. The molecule has 1 aliphatic heterocycles. The molecular weight excluding hydrogens is 352 g/mol. The van der Waals surface area contributed by atoms with Gasteiger partial charge in [-0.25, -0.2) is 0 Å². The van der Waals surface area contributed by atoms with Gasteiger partial charge in [-0.2, -0.15) is 0 Å². The van der Waals surface area contributed by atoms with Crippen molar-refractivity contribution >= 4 is 11.8 Å². The molecule has 0 saturated carbocycles. The van der Waals surface area contributed by atoms with Gasteiger partial charge in [0.05, 0.1) is 18.1 Å². The van der Waals surface area contributed by atoms with Crippen molar-refractivity contribution in [1.29, 1.82) is 0 Å². The fourth-order valence-electron chi connectivity index (χ4n) is 4.46. The summed E-state index contributed by atoms with van der Waals surface area (Å²) in [7, 11) is 0. The van der Waals surface area contributed by atoms with Gasteiger partial charge in [-0.15, -0.1) is 0 Å². The fourth-order valence-corrected chi connectivity index (χ4v) is 4.46. The van der Waals surface area contributed by atoms with Crippen LogP contribution in [-0.4, -0.2) is 41.5 Å². The maximum atomic E-state index is 13.3. The first kappa shape index (κ1) is 18.7. The second-order valence-electron chi connectivity index (χ2n) is 7.93. The molecular formula is C23H26N2O3. The third-order valence-corrected chi connectivity index (χ3v) is 5.97. The minimum absolute atomic E-state index is 0.0195. The van der Waals surface area contributed by atoms with E-state index in [0.29, 0.717) is 19.5 Å². The molecule has 28 heavy (non-hydrogen) atoms. The monoisotopic (exact) mass is 378 g/mol. The number of hydrogen-bond donors (Lipinski definition) is 2. The first-order valence-corrected chi connectivity index (χ1v) is 9.93. The Bertz CT molecular complexity index is 859. The van der Waals surface area contributed by atoms with Crippen molar-refractivity contribution in [2.24, 2.45) is 5.41 Å². The lowest BCUT2D eigenvalue weighted by atomic mass is 9.73. The lowest BCUT2D eigenvalue weighted by Gasteiger charge is -2.49. The zero-order valence-electron chi connectivity index (χ0n) is 15.9. The molecule has 0 aromatic heterocycles. The molecule has 2 aliphatic rings. The number of carbonyl (C=O) groups is 2. The van der Waals surface area contributed by atoms with Crippen LogP contribution in [0.3, 0.4) is 0 Å². The number of nitrogens with one attached hydrogen (secondary N) is 1. The van der Waals surface area contributed by atoms with E-state index in [1.807, 2.05) is 42.5 Å². The third-order valence-electron chi connectivity index (χ3n) is 5.97. The average molecular weight is 378 g/mol. The van der Waals surface area contributed by atoms with Crippen LogP contribution >= 0.6 is 0 Å². The van der Waals surface area contributed by atoms with E-state index >= 15 is 0 Å². The highest BCUT2D eigenvalue weighted by Crippen LogP contribution is 2.37. The molecule has 1 atom stereocenters. The van der Waals surface area contributed by atoms with Gasteiger partial charge in [0.25, 0.3) is 0 Å². The van der Waals surface area contributed by atoms with E-state index in [9.17, 15) is 9.59 Å². The number of rotatable bonds is 6. The molecule has 1 saturated heterocycles. The fraction of sp³-hybridized carbons (Fsp3) is 0.391. The number of benzene rings is 2. The average Bonchev–Trinajstić information content (AvgIpc) is 3.08. The number of aliphatic hydroxyl groups is 1. The summed E-state index contributed by atoms with van der Waals surface area (Å²) in [5.41, 5.74) is 3.00. The summed E-state index contributed by atoms with van der Waals surface area (Å²) in [6.07, 6.45) is 2.61. The topological polar surface area (TPSA) is 69.6 Å². The summed E-state index contributed by atoms with van der Waals surface area (Å²) in [4.78, 5) is 27.2. The molecule has 2 aromatic carbocycles. The molecule has 0 bridgehead atoms. The zero-order valence-corrected chi connectivity index (χ0v) is 15.9. The molecule has 4 rings (SSSR count). The van der Waals surface area contributed by atoms with Crippen LogP contribution in [0.2, 0.25) is 0 Å². The number of aliphatic hydroxyl groups excluding tert-OH is 1. The van der Waals surface area contributed by atoms with Gasteiger partial charge in [-0.3, -0.25) is 9.59 Å². The number of amides is 2. The van der Waals surface area contributed by atoms with Crippen LogP contribution in [0.1, 0.15) is 35.6 Å². The summed E-state index contributed by atoms with van der Waals surface area (Å²) in [5, 5.41) is 12.3. The van der Waals surface area contributed by atoms with Crippen molar-refractivity contribution in [2.45, 2.75) is 31.7 Å². The molecule has 146 valence electrons. The van der Waals surface area contributed by atoms with Gasteiger partial charge >= 0.3 is 0 Å². The normalized spacial score (nSPS) is 19.6. The Balaban J connectivity index is 1.51. The van der Waals surface area contributed by atoms with Gasteiger partial charge in [0.2, 0.25) is 11.8 Å². The maximum Gasteiger partial charge on any atom is 0.230 e. The van der Waals surface area contributed by atoms with Crippen LogP contribution in [0, 0.1) is 5.41 Å². The van der Waals surface area contributed by atoms with Crippen LogP contribution in [0.5, 0.6) is 0 Å². The largest absolute Gasteiger partial charge is 0.396 e. The highest BCUT2D eigenvalue weighted by molar-refractivity contribution is 5.88. The van der Waals surface area contributed by atoms with Crippen LogP contribution in [-0.2, 0) is 22.4 Å². The molecule has 2 amide bonds. The Hall–Kier alpha value is -2.66. The van der Waals surface area contributed by atoms with E-state index < -0.39 is 5.41 Å². The summed E-state index contributed by atoms with van der Waals surface area (Å²) in [6, 6.07) is 18.3. The molecule has 5 heteroatoms. The second kappa shape index (κ2) is 7.76. The first-order chi connectivity index (χ1) is 13.6. The van der Waals surface area contributed by atoms with Gasteiger partial charge in [0.1, 0.15) is 0 Å². The summed E-state index contributed by atoms with van der Waals surface area (Å²) < 4.78 is 0. The molecule has 1 unspecified atom stereocenters. The van der Waals surface area contributed by atoms with Crippen LogP contribution < -0.4 is 5.32 Å². The molecule has 0 radical (unpaired) electrons. The SMILES string of the molecule is O=C(CCO)N1CC(Cc2ccccc2)(C(=O)NC2CCc3ccccc32)C1. The Morgan fingerprint density at radius 1 is 1.07 bits per heavy atom. The second-order valence-corrected chi connectivity index (χ2v) is 7.93. The molecule has 0 spiro atoms. The Kier molecular flexibility index (Phi) is 5.18. The van der Waals surface area contributed by atoms with Crippen molar-refractivity contribution < 1.29 is 14.7 Å². The summed E-state index contributed by atoms with van der Waals surface area (Å²) in [6.45, 7) is 0.647. The van der Waals surface area contributed by atoms with Crippen molar-refractivity contribution in [3.8, 4) is 0 Å². The summed E-state index contributed by atoms with van der Waals surface area (Å²) in [5.74, 6) is -0.0729. The van der Waals surface area contributed by atoms with E-state index in [0.717, 1.165) is 18.4 Å². The van der Waals surface area contributed by atoms with Gasteiger partial charge in [0.15, 0.2) is 0 Å². The van der Waals surface area contributed by atoms with Crippen molar-refractivity contribution in [3.05, 3.63) is 71.3 Å². The number of aryl methyl sites for hydroxylation is 1. The maximum absolute atomic E-state index is 13.3. The first-order valence-electron chi connectivity index (χ1n) is 9.93. The predicted molar refractivity (Wildman–Crippen MR) is 107 cm³/mol. The van der Waals surface area contributed by atoms with E-state index in [1.165, 1.54) is 11.1 Å². The predicted octanol–water partition coefficient (Wildman–Crippen LogP) is 2.24. The van der Waals surface area contributed by atoms with Gasteiger partial charge in [-0.1, -0.05) is 54.6 Å².